The van der Waals surface area contributed by atoms with E-state index in [4.69, 9.17) is 15.7 Å². The predicted octanol–water partition coefficient (Wildman–Crippen LogP) is 2.76. The van der Waals surface area contributed by atoms with E-state index in [1.807, 2.05) is 54.6 Å². The van der Waals surface area contributed by atoms with Crippen LogP contribution in [-0.2, 0) is 16.8 Å². The molecular weight excluding hydrogens is 392 g/mol. The fourth-order valence-electron chi connectivity index (χ4n) is 3.50. The predicted molar refractivity (Wildman–Crippen MR) is 112 cm³/mol. The highest BCUT2D eigenvalue weighted by Gasteiger charge is 2.53. The van der Waals surface area contributed by atoms with Gasteiger partial charge in [0.05, 0.1) is 5.69 Å². The monoisotopic (exact) mass is 410 g/mol. The maximum atomic E-state index is 11.9. The van der Waals surface area contributed by atoms with Crippen LogP contribution in [0.3, 0.4) is 0 Å². The number of amides is 1. The van der Waals surface area contributed by atoms with E-state index in [1.165, 1.54) is 0 Å². The van der Waals surface area contributed by atoms with Crippen LogP contribution in [0.4, 0.5) is 0 Å². The smallest absolute Gasteiger partial charge is 0.231 e. The van der Waals surface area contributed by atoms with Gasteiger partial charge in [0.1, 0.15) is 29.5 Å². The van der Waals surface area contributed by atoms with E-state index in [2.05, 4.69) is 15.1 Å². The summed E-state index contributed by atoms with van der Waals surface area (Å²) in [4.78, 5) is 20.4. The lowest BCUT2D eigenvalue weighted by Crippen LogP contribution is -2.29. The molecule has 2 N–H and O–H groups in total. The highest BCUT2D eigenvalue weighted by molar-refractivity contribution is 5.89. The Kier molecular flexibility index (Phi) is 4.37. The lowest BCUT2D eigenvalue weighted by molar-refractivity contribution is -0.120. The van der Waals surface area contributed by atoms with Crippen molar-refractivity contribution in [3.05, 3.63) is 77.9 Å². The van der Waals surface area contributed by atoms with Crippen LogP contribution in [0, 0.1) is 11.3 Å². The standard InChI is InChI=1S/C23H18N6O2/c24-12-17-7-4-15(13-26-17)14-31-18-8-5-16(6-9-18)19-2-1-3-20-27-22(28-29(19)20)23(10-11-23)21(25)30/h1-9,13H,10-11,14H2,(H2,25,30). The number of nitriles is 1. The quantitative estimate of drug-likeness (QED) is 0.522. The molecule has 5 rings (SSSR count). The first-order valence-corrected chi connectivity index (χ1v) is 9.83. The molecular formula is C23H18N6O2. The third kappa shape index (κ3) is 3.36. The van der Waals surface area contributed by atoms with Gasteiger partial charge in [-0.15, -0.1) is 5.10 Å². The second kappa shape index (κ2) is 7.22. The van der Waals surface area contributed by atoms with Crippen LogP contribution in [0.5, 0.6) is 5.75 Å². The minimum Gasteiger partial charge on any atom is -0.489 e. The molecule has 1 aromatic carbocycles. The Morgan fingerprint density at radius 3 is 2.61 bits per heavy atom. The molecule has 0 saturated heterocycles. The minimum atomic E-state index is -0.721. The van der Waals surface area contributed by atoms with E-state index in [1.54, 1.807) is 16.8 Å². The van der Waals surface area contributed by atoms with Crippen LogP contribution in [0.1, 0.15) is 29.9 Å². The molecule has 3 heterocycles. The van der Waals surface area contributed by atoms with Gasteiger partial charge in [-0.3, -0.25) is 4.79 Å². The van der Waals surface area contributed by atoms with Crippen molar-refractivity contribution in [3.63, 3.8) is 0 Å². The largest absolute Gasteiger partial charge is 0.489 e. The lowest BCUT2D eigenvalue weighted by Gasteiger charge is -2.08. The number of rotatable bonds is 6. The van der Waals surface area contributed by atoms with E-state index in [0.29, 0.717) is 42.4 Å². The molecule has 31 heavy (non-hydrogen) atoms. The van der Waals surface area contributed by atoms with Crippen molar-refractivity contribution in [2.45, 2.75) is 24.9 Å². The van der Waals surface area contributed by atoms with Gasteiger partial charge in [0.15, 0.2) is 11.5 Å². The number of hydrogen-bond donors (Lipinski definition) is 1. The molecule has 1 saturated carbocycles. The molecule has 0 unspecified atom stereocenters. The van der Waals surface area contributed by atoms with Crippen LogP contribution < -0.4 is 10.5 Å². The molecule has 3 aromatic heterocycles. The summed E-state index contributed by atoms with van der Waals surface area (Å²) in [6, 6.07) is 18.9. The molecule has 152 valence electrons. The number of ether oxygens (including phenoxy) is 1. The van der Waals surface area contributed by atoms with Gasteiger partial charge < -0.3 is 10.5 Å². The zero-order valence-corrected chi connectivity index (χ0v) is 16.5. The van der Waals surface area contributed by atoms with Crippen LogP contribution in [-0.4, -0.2) is 25.5 Å². The van der Waals surface area contributed by atoms with Crippen LogP contribution in [0.2, 0.25) is 0 Å². The average molecular weight is 410 g/mol. The Labute approximate surface area is 177 Å². The molecule has 8 heteroatoms. The molecule has 1 aliphatic carbocycles. The summed E-state index contributed by atoms with van der Waals surface area (Å²) in [6.07, 6.45) is 3.01. The molecule has 0 radical (unpaired) electrons. The van der Waals surface area contributed by atoms with E-state index in [9.17, 15) is 4.79 Å². The highest BCUT2D eigenvalue weighted by atomic mass is 16.5. The topological polar surface area (TPSA) is 119 Å². The molecule has 0 aliphatic heterocycles. The molecule has 1 aliphatic rings. The lowest BCUT2D eigenvalue weighted by atomic mass is 10.1. The van der Waals surface area contributed by atoms with Crippen molar-refractivity contribution in [2.75, 3.05) is 0 Å². The Bertz CT molecular complexity index is 1320. The third-order valence-corrected chi connectivity index (χ3v) is 5.50. The van der Waals surface area contributed by atoms with Gasteiger partial charge >= 0.3 is 0 Å². The number of carbonyl (C=O) groups excluding carboxylic acids is 1. The van der Waals surface area contributed by atoms with Gasteiger partial charge in [0, 0.05) is 17.3 Å². The van der Waals surface area contributed by atoms with E-state index >= 15 is 0 Å². The van der Waals surface area contributed by atoms with E-state index in [-0.39, 0.29) is 5.91 Å². The van der Waals surface area contributed by atoms with Gasteiger partial charge in [-0.1, -0.05) is 12.1 Å². The van der Waals surface area contributed by atoms with Crippen molar-refractivity contribution in [1.82, 2.24) is 19.6 Å². The zero-order valence-electron chi connectivity index (χ0n) is 16.5. The number of aromatic nitrogens is 4. The number of pyridine rings is 2. The number of nitrogens with two attached hydrogens (primary N) is 1. The Morgan fingerprint density at radius 2 is 1.97 bits per heavy atom. The summed E-state index contributed by atoms with van der Waals surface area (Å²) < 4.78 is 7.56. The molecule has 0 bridgehead atoms. The number of hydrogen-bond acceptors (Lipinski definition) is 6. The first kappa shape index (κ1) is 18.8. The van der Waals surface area contributed by atoms with Crippen LogP contribution in [0.15, 0.2) is 60.8 Å². The molecule has 4 aromatic rings. The fraction of sp³-hybridized carbons (Fsp3) is 0.174. The maximum Gasteiger partial charge on any atom is 0.231 e. The molecule has 1 fully saturated rings. The molecule has 0 atom stereocenters. The minimum absolute atomic E-state index is 0.356. The number of primary amides is 1. The van der Waals surface area contributed by atoms with E-state index in [0.717, 1.165) is 16.8 Å². The Balaban J connectivity index is 1.37. The summed E-state index contributed by atoms with van der Waals surface area (Å²) in [7, 11) is 0. The normalized spacial score (nSPS) is 14.2. The van der Waals surface area contributed by atoms with Gasteiger partial charge in [0.25, 0.3) is 0 Å². The number of carbonyl (C=O) groups is 1. The second-order valence-corrected chi connectivity index (χ2v) is 7.54. The van der Waals surface area contributed by atoms with E-state index < -0.39 is 5.41 Å². The molecule has 0 spiro atoms. The van der Waals surface area contributed by atoms with Gasteiger partial charge in [-0.2, -0.15) is 5.26 Å². The molecule has 8 nitrogen and oxygen atoms in total. The van der Waals surface area contributed by atoms with Gasteiger partial charge in [0.2, 0.25) is 5.91 Å². The average Bonchev–Trinajstić information content (AvgIpc) is 3.51. The number of benzene rings is 1. The number of nitrogens with zero attached hydrogens (tertiary/aromatic N) is 5. The van der Waals surface area contributed by atoms with Crippen molar-refractivity contribution in [2.24, 2.45) is 5.73 Å². The fourth-order valence-corrected chi connectivity index (χ4v) is 3.50. The van der Waals surface area contributed by atoms with Crippen molar-refractivity contribution >= 4 is 11.6 Å². The summed E-state index contributed by atoms with van der Waals surface area (Å²) >= 11 is 0. The van der Waals surface area contributed by atoms with Crippen LogP contribution >= 0.6 is 0 Å². The molecule has 1 amide bonds. The van der Waals surface area contributed by atoms with Gasteiger partial charge in [-0.05, 0) is 55.3 Å². The first-order valence-electron chi connectivity index (χ1n) is 9.83. The summed E-state index contributed by atoms with van der Waals surface area (Å²) in [5.41, 5.74) is 8.59. The Morgan fingerprint density at radius 1 is 1.16 bits per heavy atom. The van der Waals surface area contributed by atoms with Crippen LogP contribution in [0.25, 0.3) is 16.9 Å². The van der Waals surface area contributed by atoms with Crippen molar-refractivity contribution in [1.29, 1.82) is 5.26 Å². The SMILES string of the molecule is N#Cc1ccc(COc2ccc(-c3cccc4nc(C5(C(N)=O)CC5)nn34)cc2)cn1. The Hall–Kier alpha value is -4.25. The van der Waals surface area contributed by atoms with Crippen molar-refractivity contribution < 1.29 is 9.53 Å². The van der Waals surface area contributed by atoms with Crippen molar-refractivity contribution in [3.8, 4) is 23.1 Å². The summed E-state index contributed by atoms with van der Waals surface area (Å²) in [5, 5.41) is 13.4. The second-order valence-electron chi connectivity index (χ2n) is 7.54. The highest BCUT2D eigenvalue weighted by Crippen LogP contribution is 2.46. The van der Waals surface area contributed by atoms with Gasteiger partial charge in [-0.25, -0.2) is 14.5 Å². The summed E-state index contributed by atoms with van der Waals surface area (Å²) in [5.74, 6) is 0.831. The zero-order chi connectivity index (χ0) is 21.4. The maximum absolute atomic E-state index is 11.9. The summed E-state index contributed by atoms with van der Waals surface area (Å²) in [6.45, 7) is 0.356. The number of fused-ring (bicyclic) bond motifs is 1. The first-order chi connectivity index (χ1) is 15.1. The third-order valence-electron chi connectivity index (χ3n) is 5.50.